The predicted octanol–water partition coefficient (Wildman–Crippen LogP) is 3.87. The van der Waals surface area contributed by atoms with Crippen LogP contribution >= 0.6 is 24.4 Å². The highest BCUT2D eigenvalue weighted by molar-refractivity contribution is 7.99. The first-order valence-electron chi connectivity index (χ1n) is 5.41. The molecule has 0 saturated carbocycles. The lowest BCUT2D eigenvalue weighted by molar-refractivity contribution is 0.431. The van der Waals surface area contributed by atoms with Gasteiger partial charge in [-0.1, -0.05) is 24.6 Å². The van der Waals surface area contributed by atoms with Crippen molar-refractivity contribution < 1.29 is 4.42 Å². The second kappa shape index (κ2) is 7.23. The van der Waals surface area contributed by atoms with Crippen molar-refractivity contribution >= 4 is 24.4 Å². The van der Waals surface area contributed by atoms with Gasteiger partial charge >= 0.3 is 0 Å². The average Bonchev–Trinajstić information content (AvgIpc) is 2.52. The van der Waals surface area contributed by atoms with Crippen LogP contribution in [0.2, 0.25) is 0 Å². The van der Waals surface area contributed by atoms with Gasteiger partial charge in [-0.25, -0.2) is 4.98 Å². The van der Waals surface area contributed by atoms with E-state index in [2.05, 4.69) is 17.6 Å². The van der Waals surface area contributed by atoms with Crippen molar-refractivity contribution in [1.29, 1.82) is 0 Å². The lowest BCUT2D eigenvalue weighted by atomic mass is 10.2. The molecule has 1 aromatic heterocycles. The number of thioether (sulfide) groups is 1. The van der Waals surface area contributed by atoms with Crippen molar-refractivity contribution in [3.8, 4) is 0 Å². The van der Waals surface area contributed by atoms with Crippen molar-refractivity contribution in [2.45, 2.75) is 44.8 Å². The van der Waals surface area contributed by atoms with E-state index in [1.54, 1.807) is 11.8 Å². The third-order valence-corrected chi connectivity index (χ3v) is 3.52. The number of rotatable bonds is 7. The van der Waals surface area contributed by atoms with Crippen LogP contribution in [0, 0.1) is 13.8 Å². The van der Waals surface area contributed by atoms with Crippen LogP contribution in [0.15, 0.2) is 9.64 Å². The molecule has 0 radical (unpaired) electrons. The van der Waals surface area contributed by atoms with E-state index in [1.807, 2.05) is 13.8 Å². The van der Waals surface area contributed by atoms with Gasteiger partial charge in [0.1, 0.15) is 5.76 Å². The van der Waals surface area contributed by atoms with Crippen LogP contribution in [0.4, 0.5) is 0 Å². The zero-order valence-electron chi connectivity index (χ0n) is 9.45. The summed E-state index contributed by atoms with van der Waals surface area (Å²) in [6, 6.07) is 0. The molecule has 86 valence electrons. The maximum absolute atomic E-state index is 5.48. The second-order valence-electron chi connectivity index (χ2n) is 3.61. The highest BCUT2D eigenvalue weighted by Gasteiger charge is 2.04. The summed E-state index contributed by atoms with van der Waals surface area (Å²) in [5.41, 5.74) is 1.01. The zero-order valence-corrected chi connectivity index (χ0v) is 11.2. The number of unbranched alkanes of at least 4 members (excludes halogenated alkanes) is 3. The fraction of sp³-hybridized carbons (Fsp3) is 0.727. The number of aryl methyl sites for hydroxylation is 2. The Morgan fingerprint density at radius 3 is 2.53 bits per heavy atom. The quantitative estimate of drug-likeness (QED) is 0.448. The highest BCUT2D eigenvalue weighted by atomic mass is 32.2. The van der Waals surface area contributed by atoms with Gasteiger partial charge in [-0.05, 0) is 32.4 Å². The molecule has 2 nitrogen and oxygen atoms in total. The molecule has 0 spiro atoms. The Balaban J connectivity index is 2.10. The molecule has 1 heterocycles. The van der Waals surface area contributed by atoms with E-state index < -0.39 is 0 Å². The molecule has 0 amide bonds. The first kappa shape index (κ1) is 13.0. The second-order valence-corrected chi connectivity index (χ2v) is 5.10. The third-order valence-electron chi connectivity index (χ3n) is 2.29. The summed E-state index contributed by atoms with van der Waals surface area (Å²) in [5, 5.41) is 0.819. The largest absolute Gasteiger partial charge is 0.437 e. The van der Waals surface area contributed by atoms with Gasteiger partial charge in [-0.2, -0.15) is 12.6 Å². The van der Waals surface area contributed by atoms with Gasteiger partial charge in [-0.3, -0.25) is 0 Å². The molecule has 0 aliphatic carbocycles. The van der Waals surface area contributed by atoms with Gasteiger partial charge in [0, 0.05) is 5.75 Å². The summed E-state index contributed by atoms with van der Waals surface area (Å²) in [4.78, 5) is 4.33. The number of hydrogen-bond acceptors (Lipinski definition) is 4. The molecule has 4 heteroatoms. The van der Waals surface area contributed by atoms with Crippen molar-refractivity contribution in [1.82, 2.24) is 4.98 Å². The summed E-state index contributed by atoms with van der Waals surface area (Å²) < 4.78 is 5.48. The first-order valence-corrected chi connectivity index (χ1v) is 7.03. The van der Waals surface area contributed by atoms with E-state index in [0.29, 0.717) is 0 Å². The molecular formula is C11H19NOS2. The SMILES string of the molecule is Cc1nc(SCCCCCCS)oc1C. The van der Waals surface area contributed by atoms with Gasteiger partial charge < -0.3 is 4.42 Å². The smallest absolute Gasteiger partial charge is 0.256 e. The van der Waals surface area contributed by atoms with Crippen molar-refractivity contribution in [2.24, 2.45) is 0 Å². The van der Waals surface area contributed by atoms with Gasteiger partial charge in [0.05, 0.1) is 5.69 Å². The van der Waals surface area contributed by atoms with Crippen molar-refractivity contribution in [3.63, 3.8) is 0 Å². The molecule has 0 aliphatic heterocycles. The fourth-order valence-electron chi connectivity index (χ4n) is 1.23. The van der Waals surface area contributed by atoms with Crippen LogP contribution in [0.3, 0.4) is 0 Å². The third kappa shape index (κ3) is 4.98. The van der Waals surface area contributed by atoms with Crippen molar-refractivity contribution in [3.05, 3.63) is 11.5 Å². The highest BCUT2D eigenvalue weighted by Crippen LogP contribution is 2.21. The number of hydrogen-bond donors (Lipinski definition) is 1. The van der Waals surface area contributed by atoms with Crippen molar-refractivity contribution in [2.75, 3.05) is 11.5 Å². The van der Waals surface area contributed by atoms with E-state index in [1.165, 1.54) is 25.7 Å². The van der Waals surface area contributed by atoms with Crippen LogP contribution in [0.5, 0.6) is 0 Å². The summed E-state index contributed by atoms with van der Waals surface area (Å²) >= 11 is 5.90. The molecule has 0 unspecified atom stereocenters. The molecule has 0 bridgehead atoms. The lowest BCUT2D eigenvalue weighted by Crippen LogP contribution is -1.83. The Morgan fingerprint density at radius 2 is 1.93 bits per heavy atom. The Bertz CT molecular complexity index is 267. The van der Waals surface area contributed by atoms with Crippen LogP contribution in [-0.4, -0.2) is 16.5 Å². The molecule has 0 aliphatic rings. The standard InChI is InChI=1S/C11H19NOS2/c1-9-10(2)13-11(12-9)15-8-6-4-3-5-7-14/h14H,3-8H2,1-2H3. The predicted molar refractivity (Wildman–Crippen MR) is 69.0 cm³/mol. The normalized spacial score (nSPS) is 10.9. The van der Waals surface area contributed by atoms with E-state index in [9.17, 15) is 0 Å². The van der Waals surface area contributed by atoms with Crippen LogP contribution in [0.25, 0.3) is 0 Å². The van der Waals surface area contributed by atoms with E-state index in [0.717, 1.165) is 28.2 Å². The molecule has 0 atom stereocenters. The molecule has 1 rings (SSSR count). The summed E-state index contributed by atoms with van der Waals surface area (Å²) in [6.45, 7) is 3.94. The molecule has 15 heavy (non-hydrogen) atoms. The minimum Gasteiger partial charge on any atom is -0.437 e. The minimum absolute atomic E-state index is 0.819. The van der Waals surface area contributed by atoms with E-state index in [-0.39, 0.29) is 0 Å². The fourth-order valence-corrected chi connectivity index (χ4v) is 2.36. The molecule has 0 fully saturated rings. The Hall–Kier alpha value is -0.0900. The van der Waals surface area contributed by atoms with E-state index in [4.69, 9.17) is 4.42 Å². The lowest BCUT2D eigenvalue weighted by Gasteiger charge is -1.97. The monoisotopic (exact) mass is 245 g/mol. The zero-order chi connectivity index (χ0) is 11.1. The minimum atomic E-state index is 0.819. The Kier molecular flexibility index (Phi) is 6.25. The first-order chi connectivity index (χ1) is 7.24. The topological polar surface area (TPSA) is 26.0 Å². The average molecular weight is 245 g/mol. The van der Waals surface area contributed by atoms with Gasteiger partial charge in [0.2, 0.25) is 0 Å². The van der Waals surface area contributed by atoms with E-state index >= 15 is 0 Å². The maximum atomic E-state index is 5.48. The van der Waals surface area contributed by atoms with Gasteiger partial charge in [-0.15, -0.1) is 0 Å². The molecular weight excluding hydrogens is 226 g/mol. The van der Waals surface area contributed by atoms with Gasteiger partial charge in [0.25, 0.3) is 5.22 Å². The summed E-state index contributed by atoms with van der Waals surface area (Å²) in [7, 11) is 0. The van der Waals surface area contributed by atoms with Crippen LogP contribution in [-0.2, 0) is 0 Å². The molecule has 0 saturated heterocycles. The molecule has 0 aromatic carbocycles. The Morgan fingerprint density at radius 1 is 1.20 bits per heavy atom. The summed E-state index contributed by atoms with van der Waals surface area (Å²) in [5.74, 6) is 3.05. The number of oxazole rings is 1. The molecule has 0 N–H and O–H groups in total. The Labute approximate surface area is 102 Å². The van der Waals surface area contributed by atoms with Crippen LogP contribution in [0.1, 0.15) is 37.1 Å². The van der Waals surface area contributed by atoms with Gasteiger partial charge in [0.15, 0.2) is 0 Å². The number of aromatic nitrogens is 1. The number of nitrogens with zero attached hydrogens (tertiary/aromatic N) is 1. The molecule has 1 aromatic rings. The number of thiol groups is 1. The summed E-state index contributed by atoms with van der Waals surface area (Å²) in [6.07, 6.45) is 5.03. The maximum Gasteiger partial charge on any atom is 0.256 e. The van der Waals surface area contributed by atoms with Crippen LogP contribution < -0.4 is 0 Å².